The predicted octanol–water partition coefficient (Wildman–Crippen LogP) is 3.75. The van der Waals surface area contributed by atoms with E-state index in [1.165, 1.54) is 11.3 Å². The molecule has 0 fully saturated rings. The monoisotopic (exact) mass is 346 g/mol. The number of nitrogens with one attached hydrogen (secondary N) is 1. The molecule has 0 spiro atoms. The fourth-order valence-corrected chi connectivity index (χ4v) is 3.24. The normalized spacial score (nSPS) is 10.7. The van der Waals surface area contributed by atoms with E-state index in [0.29, 0.717) is 34.4 Å². The van der Waals surface area contributed by atoms with Crippen LogP contribution in [-0.2, 0) is 0 Å². The van der Waals surface area contributed by atoms with Gasteiger partial charge in [-0.2, -0.15) is 0 Å². The molecule has 6 heteroatoms. The Bertz CT molecular complexity index is 766. The molecular formula is C18H22N2O3S. The zero-order valence-electron chi connectivity index (χ0n) is 14.3. The second kappa shape index (κ2) is 7.49. The van der Waals surface area contributed by atoms with Gasteiger partial charge in [-0.3, -0.25) is 9.59 Å². The third kappa shape index (κ3) is 4.14. The highest BCUT2D eigenvalue weighted by Crippen LogP contribution is 2.32. The van der Waals surface area contributed by atoms with Gasteiger partial charge in [-0.15, -0.1) is 11.3 Å². The average Bonchev–Trinajstić information content (AvgIpc) is 2.80. The Balaban J connectivity index is 2.20. The van der Waals surface area contributed by atoms with Crippen LogP contribution in [0.25, 0.3) is 0 Å². The standard InChI is InChI=1S/C18H22N2O3S/c1-10(2)9-23-14-7-5-6-13(8-14)17(22)20-18-15(16(19)21)11(3)12(4)24-18/h5-8,10H,9H2,1-4H3,(H2,19,21)(H,20,22). The molecule has 0 unspecified atom stereocenters. The number of nitrogens with two attached hydrogens (primary N) is 1. The third-order valence-electron chi connectivity index (χ3n) is 3.54. The Morgan fingerprint density at radius 3 is 2.62 bits per heavy atom. The number of aryl methyl sites for hydroxylation is 1. The molecule has 1 heterocycles. The first-order valence-electron chi connectivity index (χ1n) is 7.73. The van der Waals surface area contributed by atoms with E-state index in [1.54, 1.807) is 18.2 Å². The molecule has 0 atom stereocenters. The number of hydrogen-bond acceptors (Lipinski definition) is 4. The number of anilines is 1. The summed E-state index contributed by atoms with van der Waals surface area (Å²) >= 11 is 1.35. The van der Waals surface area contributed by atoms with Crippen LogP contribution in [0.2, 0.25) is 0 Å². The van der Waals surface area contributed by atoms with Crippen LogP contribution < -0.4 is 15.8 Å². The van der Waals surface area contributed by atoms with Gasteiger partial charge in [0.1, 0.15) is 10.8 Å². The van der Waals surface area contributed by atoms with E-state index in [2.05, 4.69) is 19.2 Å². The Morgan fingerprint density at radius 1 is 1.29 bits per heavy atom. The Kier molecular flexibility index (Phi) is 5.62. The molecule has 0 saturated heterocycles. The molecule has 1 aromatic heterocycles. The van der Waals surface area contributed by atoms with Gasteiger partial charge in [-0.05, 0) is 43.5 Å². The van der Waals surface area contributed by atoms with E-state index in [0.717, 1.165) is 10.4 Å². The largest absolute Gasteiger partial charge is 0.493 e. The van der Waals surface area contributed by atoms with Crippen molar-refractivity contribution in [3.63, 3.8) is 0 Å². The molecule has 128 valence electrons. The fraction of sp³-hybridized carbons (Fsp3) is 0.333. The van der Waals surface area contributed by atoms with Crippen molar-refractivity contribution < 1.29 is 14.3 Å². The second-order valence-corrected chi connectivity index (χ2v) is 7.26. The van der Waals surface area contributed by atoms with Crippen LogP contribution in [0.5, 0.6) is 5.75 Å². The zero-order valence-corrected chi connectivity index (χ0v) is 15.1. The minimum absolute atomic E-state index is 0.297. The molecule has 2 rings (SSSR count). The average molecular weight is 346 g/mol. The van der Waals surface area contributed by atoms with Crippen molar-refractivity contribution in [2.75, 3.05) is 11.9 Å². The van der Waals surface area contributed by atoms with Gasteiger partial charge in [0.05, 0.1) is 12.2 Å². The molecule has 0 aliphatic carbocycles. The summed E-state index contributed by atoms with van der Waals surface area (Å²) in [5.74, 6) is 0.206. The molecule has 1 aromatic carbocycles. The first-order chi connectivity index (χ1) is 11.3. The maximum absolute atomic E-state index is 12.5. The van der Waals surface area contributed by atoms with Gasteiger partial charge < -0.3 is 15.8 Å². The summed E-state index contributed by atoms with van der Waals surface area (Å²) in [6.07, 6.45) is 0. The van der Waals surface area contributed by atoms with E-state index in [9.17, 15) is 9.59 Å². The van der Waals surface area contributed by atoms with Crippen molar-refractivity contribution in [3.8, 4) is 5.75 Å². The van der Waals surface area contributed by atoms with E-state index in [1.807, 2.05) is 19.9 Å². The molecule has 24 heavy (non-hydrogen) atoms. The molecule has 0 aliphatic heterocycles. The van der Waals surface area contributed by atoms with Crippen LogP contribution in [0, 0.1) is 19.8 Å². The van der Waals surface area contributed by atoms with E-state index in [-0.39, 0.29) is 5.91 Å². The first-order valence-corrected chi connectivity index (χ1v) is 8.55. The molecule has 2 aromatic rings. The van der Waals surface area contributed by atoms with E-state index >= 15 is 0 Å². The quantitative estimate of drug-likeness (QED) is 0.836. The van der Waals surface area contributed by atoms with Gasteiger partial charge in [0.15, 0.2) is 0 Å². The van der Waals surface area contributed by atoms with Crippen LogP contribution in [0.15, 0.2) is 24.3 Å². The van der Waals surface area contributed by atoms with Gasteiger partial charge in [0.2, 0.25) is 0 Å². The summed E-state index contributed by atoms with van der Waals surface area (Å²) in [7, 11) is 0. The van der Waals surface area contributed by atoms with Crippen molar-refractivity contribution in [3.05, 3.63) is 45.8 Å². The number of carbonyl (C=O) groups is 2. The highest BCUT2D eigenvalue weighted by Gasteiger charge is 2.19. The van der Waals surface area contributed by atoms with Crippen molar-refractivity contribution in [1.29, 1.82) is 0 Å². The molecule has 0 aliphatic rings. The van der Waals surface area contributed by atoms with Crippen molar-refractivity contribution in [2.24, 2.45) is 11.7 Å². The Labute approximate surface area is 145 Å². The first kappa shape index (κ1) is 18.0. The number of rotatable bonds is 6. The van der Waals surface area contributed by atoms with Crippen LogP contribution in [0.1, 0.15) is 45.0 Å². The smallest absolute Gasteiger partial charge is 0.256 e. The van der Waals surface area contributed by atoms with Crippen LogP contribution >= 0.6 is 11.3 Å². The summed E-state index contributed by atoms with van der Waals surface area (Å²) in [4.78, 5) is 25.1. The van der Waals surface area contributed by atoms with Gasteiger partial charge in [-0.1, -0.05) is 19.9 Å². The summed E-state index contributed by atoms with van der Waals surface area (Å²) < 4.78 is 5.64. The third-order valence-corrected chi connectivity index (χ3v) is 4.66. The predicted molar refractivity (Wildman–Crippen MR) is 97.0 cm³/mol. The van der Waals surface area contributed by atoms with Crippen LogP contribution in [0.3, 0.4) is 0 Å². The highest BCUT2D eigenvalue weighted by molar-refractivity contribution is 7.16. The summed E-state index contributed by atoms with van der Waals surface area (Å²) in [5, 5.41) is 3.27. The lowest BCUT2D eigenvalue weighted by Crippen LogP contribution is -2.17. The molecule has 5 nitrogen and oxygen atoms in total. The Morgan fingerprint density at radius 2 is 2.00 bits per heavy atom. The van der Waals surface area contributed by atoms with Gasteiger partial charge in [0.25, 0.3) is 11.8 Å². The summed E-state index contributed by atoms with van der Waals surface area (Å²) in [6, 6.07) is 6.97. The summed E-state index contributed by atoms with van der Waals surface area (Å²) in [5.41, 5.74) is 7.08. The minimum Gasteiger partial charge on any atom is -0.493 e. The molecule has 0 saturated carbocycles. The maximum atomic E-state index is 12.5. The number of primary amides is 1. The lowest BCUT2D eigenvalue weighted by molar-refractivity contribution is 0.100. The van der Waals surface area contributed by atoms with Crippen molar-refractivity contribution in [2.45, 2.75) is 27.7 Å². The van der Waals surface area contributed by atoms with E-state index in [4.69, 9.17) is 10.5 Å². The van der Waals surface area contributed by atoms with Gasteiger partial charge in [0, 0.05) is 10.4 Å². The molecule has 3 N–H and O–H groups in total. The van der Waals surface area contributed by atoms with Crippen LogP contribution in [-0.4, -0.2) is 18.4 Å². The molecule has 0 bridgehead atoms. The zero-order chi connectivity index (χ0) is 17.9. The van der Waals surface area contributed by atoms with E-state index < -0.39 is 5.91 Å². The number of amides is 2. The van der Waals surface area contributed by atoms with Gasteiger partial charge in [-0.25, -0.2) is 0 Å². The Hall–Kier alpha value is -2.34. The molecule has 2 amide bonds. The number of carbonyl (C=O) groups excluding carboxylic acids is 2. The molecular weight excluding hydrogens is 324 g/mol. The van der Waals surface area contributed by atoms with Crippen molar-refractivity contribution in [1.82, 2.24) is 0 Å². The number of thiophene rings is 1. The highest BCUT2D eigenvalue weighted by atomic mass is 32.1. The lowest BCUT2D eigenvalue weighted by atomic mass is 10.1. The fourth-order valence-electron chi connectivity index (χ4n) is 2.18. The lowest BCUT2D eigenvalue weighted by Gasteiger charge is -2.10. The van der Waals surface area contributed by atoms with Crippen molar-refractivity contribution >= 4 is 28.2 Å². The number of benzene rings is 1. The number of ether oxygens (including phenoxy) is 1. The SMILES string of the molecule is Cc1sc(NC(=O)c2cccc(OCC(C)C)c2)c(C(N)=O)c1C. The topological polar surface area (TPSA) is 81.4 Å². The summed E-state index contributed by atoms with van der Waals surface area (Å²) in [6.45, 7) is 8.41. The number of hydrogen-bond donors (Lipinski definition) is 2. The maximum Gasteiger partial charge on any atom is 0.256 e. The second-order valence-electron chi connectivity index (χ2n) is 6.04. The van der Waals surface area contributed by atoms with Gasteiger partial charge >= 0.3 is 0 Å². The van der Waals surface area contributed by atoms with Crippen LogP contribution in [0.4, 0.5) is 5.00 Å². The molecule has 0 radical (unpaired) electrons. The minimum atomic E-state index is -0.541.